The molecule has 1 fully saturated rings. The highest BCUT2D eigenvalue weighted by Crippen LogP contribution is 2.51. The monoisotopic (exact) mass is 410 g/mol. The van der Waals surface area contributed by atoms with E-state index in [4.69, 9.17) is 0 Å². The van der Waals surface area contributed by atoms with Crippen LogP contribution in [0.3, 0.4) is 0 Å². The van der Waals surface area contributed by atoms with Crippen molar-refractivity contribution in [1.82, 2.24) is 0 Å². The highest BCUT2D eigenvalue weighted by Gasteiger charge is 2.31. The first-order valence-corrected chi connectivity index (χ1v) is 12.1. The molecule has 0 spiro atoms. The van der Waals surface area contributed by atoms with E-state index in [2.05, 4.69) is 74.1 Å². The molecule has 0 amide bonds. The van der Waals surface area contributed by atoms with Gasteiger partial charge in [0.05, 0.1) is 10.9 Å². The van der Waals surface area contributed by atoms with Crippen LogP contribution in [-0.2, 0) is 13.5 Å². The van der Waals surface area contributed by atoms with Crippen molar-refractivity contribution in [3.63, 3.8) is 0 Å². The molecule has 2 heteroatoms. The van der Waals surface area contributed by atoms with Gasteiger partial charge in [-0.2, -0.15) is 0 Å². The van der Waals surface area contributed by atoms with Crippen molar-refractivity contribution in [2.75, 3.05) is 0 Å². The second-order valence-corrected chi connectivity index (χ2v) is 10.3. The first-order chi connectivity index (χ1) is 14.6. The summed E-state index contributed by atoms with van der Waals surface area (Å²) >= 11 is 2.00. The van der Waals surface area contributed by atoms with Crippen molar-refractivity contribution in [2.45, 2.75) is 55.7 Å². The lowest BCUT2D eigenvalue weighted by Crippen LogP contribution is -2.32. The number of hydrogen-bond acceptors (Lipinski definition) is 1. The average Bonchev–Trinajstić information content (AvgIpc) is 3.27. The molecule has 1 saturated carbocycles. The lowest BCUT2D eigenvalue weighted by Gasteiger charge is -2.24. The maximum absolute atomic E-state index is 2.50. The molecule has 2 heterocycles. The summed E-state index contributed by atoms with van der Waals surface area (Å²) in [7, 11) is 2.20. The van der Waals surface area contributed by atoms with Gasteiger partial charge in [-0.3, -0.25) is 0 Å². The van der Waals surface area contributed by atoms with Gasteiger partial charge in [0.1, 0.15) is 7.05 Å². The number of pyridine rings is 1. The lowest BCUT2D eigenvalue weighted by atomic mass is 9.90. The largest absolute Gasteiger partial charge is 0.222 e. The molecule has 30 heavy (non-hydrogen) atoms. The Morgan fingerprint density at radius 2 is 1.70 bits per heavy atom. The van der Waals surface area contributed by atoms with Crippen molar-refractivity contribution < 1.29 is 4.57 Å². The van der Waals surface area contributed by atoms with E-state index in [0.29, 0.717) is 0 Å². The molecule has 4 aromatic rings. The molecule has 0 unspecified atom stereocenters. The van der Waals surface area contributed by atoms with Crippen molar-refractivity contribution in [3.8, 4) is 11.3 Å². The molecule has 0 bridgehead atoms. The van der Waals surface area contributed by atoms with Gasteiger partial charge in [-0.15, -0.1) is 0 Å². The molecule has 1 aromatic heterocycles. The summed E-state index contributed by atoms with van der Waals surface area (Å²) in [5.74, 6) is 0.878. The van der Waals surface area contributed by atoms with Crippen LogP contribution in [0.1, 0.15) is 42.4 Å². The van der Waals surface area contributed by atoms with Gasteiger partial charge in [0.25, 0.3) is 0 Å². The van der Waals surface area contributed by atoms with Crippen LogP contribution in [0.5, 0.6) is 0 Å². The minimum Gasteiger partial charge on any atom is -0.200 e. The molecule has 2 aliphatic rings. The van der Waals surface area contributed by atoms with E-state index in [1.54, 1.807) is 0 Å². The summed E-state index contributed by atoms with van der Waals surface area (Å²) in [4.78, 5) is 2.89. The van der Waals surface area contributed by atoms with E-state index in [0.717, 1.165) is 5.92 Å². The zero-order valence-electron chi connectivity index (χ0n) is 18.1. The first kappa shape index (κ1) is 18.4. The Bertz CT molecular complexity index is 1330. The number of aromatic nitrogens is 1. The predicted octanol–water partition coefficient (Wildman–Crippen LogP) is 7.30. The number of hydrogen-bond donors (Lipinski definition) is 0. The van der Waals surface area contributed by atoms with Gasteiger partial charge < -0.3 is 0 Å². The zero-order chi connectivity index (χ0) is 20.4. The van der Waals surface area contributed by atoms with Crippen molar-refractivity contribution in [2.24, 2.45) is 13.0 Å². The second kappa shape index (κ2) is 6.85. The smallest absolute Gasteiger partial charge is 0.200 e. The van der Waals surface area contributed by atoms with Crippen LogP contribution in [0, 0.1) is 19.8 Å². The van der Waals surface area contributed by atoms with E-state index in [1.165, 1.54) is 91.4 Å². The number of nitrogens with zero attached hydrogens (tertiary/aromatic N) is 1. The van der Waals surface area contributed by atoms with Gasteiger partial charge >= 0.3 is 0 Å². The van der Waals surface area contributed by atoms with Crippen LogP contribution in [-0.4, -0.2) is 0 Å². The maximum Gasteiger partial charge on any atom is 0.222 e. The third kappa shape index (κ3) is 2.66. The standard InChI is InChI=1S/C28H28NS/c1-17-22-10-6-7-11-23(22)18(2)28-25(17)27-26-21(12-13-29(27)3)15-20(16-24(26)30-28)14-19-8-4-5-9-19/h6-7,10-13,15-16,19H,4-5,8-9,14H2,1-3H3/q+1. The van der Waals surface area contributed by atoms with Gasteiger partial charge in [0.15, 0.2) is 6.20 Å². The summed E-state index contributed by atoms with van der Waals surface area (Å²) in [6.07, 6.45) is 9.13. The van der Waals surface area contributed by atoms with Crippen molar-refractivity contribution in [1.29, 1.82) is 0 Å². The van der Waals surface area contributed by atoms with Crippen molar-refractivity contribution in [3.05, 3.63) is 65.4 Å². The fourth-order valence-corrected chi connectivity index (χ4v) is 7.21. The van der Waals surface area contributed by atoms with Gasteiger partial charge in [-0.25, -0.2) is 4.57 Å². The third-order valence-corrected chi connectivity index (χ3v) is 8.64. The van der Waals surface area contributed by atoms with Crippen LogP contribution in [0.15, 0.2) is 58.5 Å². The number of aryl methyl sites for hydroxylation is 3. The number of benzene rings is 3. The highest BCUT2D eigenvalue weighted by atomic mass is 32.2. The fraction of sp³-hybridized carbons (Fsp3) is 0.321. The molecule has 0 N–H and O–H groups in total. The van der Waals surface area contributed by atoms with Crippen molar-refractivity contribution >= 4 is 33.3 Å². The molecule has 1 aliphatic heterocycles. The van der Waals surface area contributed by atoms with E-state index >= 15 is 0 Å². The van der Waals surface area contributed by atoms with Gasteiger partial charge in [0, 0.05) is 15.9 Å². The highest BCUT2D eigenvalue weighted by molar-refractivity contribution is 7.99. The van der Waals surface area contributed by atoms with E-state index in [-0.39, 0.29) is 0 Å². The van der Waals surface area contributed by atoms with Gasteiger partial charge in [-0.1, -0.05) is 67.8 Å². The summed E-state index contributed by atoms with van der Waals surface area (Å²) in [5, 5.41) is 5.61. The fourth-order valence-electron chi connectivity index (χ4n) is 5.85. The number of fused-ring (bicyclic) bond motifs is 3. The van der Waals surface area contributed by atoms with E-state index in [9.17, 15) is 0 Å². The SMILES string of the molecule is Cc1c2c(c(C)c3ccccc13)-c1c3c(cc(CC4CCCC4)cc3cc[n+]1C)S2. The summed E-state index contributed by atoms with van der Waals surface area (Å²) in [6, 6.07) is 16.2. The Balaban J connectivity index is 1.64. The Labute approximate surface area is 183 Å². The molecule has 150 valence electrons. The van der Waals surface area contributed by atoms with Gasteiger partial charge in [-0.05, 0) is 65.1 Å². The third-order valence-electron chi connectivity index (χ3n) is 7.39. The zero-order valence-corrected chi connectivity index (χ0v) is 18.9. The second-order valence-electron chi connectivity index (χ2n) is 9.29. The minimum atomic E-state index is 0.878. The van der Waals surface area contributed by atoms with Crippen LogP contribution in [0.25, 0.3) is 32.8 Å². The van der Waals surface area contributed by atoms with Crippen LogP contribution in [0.4, 0.5) is 0 Å². The maximum atomic E-state index is 2.50. The van der Waals surface area contributed by atoms with Crippen LogP contribution in [0.2, 0.25) is 0 Å². The summed E-state index contributed by atoms with van der Waals surface area (Å²) in [5.41, 5.74) is 7.16. The molecule has 1 nitrogen and oxygen atoms in total. The van der Waals surface area contributed by atoms with Gasteiger partial charge in [0.2, 0.25) is 5.69 Å². The van der Waals surface area contributed by atoms with Crippen LogP contribution >= 0.6 is 11.8 Å². The molecule has 3 aromatic carbocycles. The van der Waals surface area contributed by atoms with E-state index in [1.807, 2.05) is 11.8 Å². The topological polar surface area (TPSA) is 3.88 Å². The Kier molecular flexibility index (Phi) is 4.21. The number of rotatable bonds is 2. The Morgan fingerprint density at radius 3 is 2.47 bits per heavy atom. The summed E-state index contributed by atoms with van der Waals surface area (Å²) in [6.45, 7) is 4.61. The lowest BCUT2D eigenvalue weighted by molar-refractivity contribution is -0.659. The molecule has 1 aliphatic carbocycles. The Morgan fingerprint density at radius 1 is 0.967 bits per heavy atom. The molecular formula is C28H28NS+. The first-order valence-electron chi connectivity index (χ1n) is 11.3. The summed E-state index contributed by atoms with van der Waals surface area (Å²) < 4.78 is 2.34. The minimum absolute atomic E-state index is 0.878. The Hall–Kier alpha value is -2.32. The quantitative estimate of drug-likeness (QED) is 0.276. The molecule has 0 saturated heterocycles. The molecular weight excluding hydrogens is 382 g/mol. The molecule has 0 atom stereocenters. The van der Waals surface area contributed by atoms with E-state index < -0.39 is 0 Å². The normalized spacial score (nSPS) is 15.8. The molecule has 6 rings (SSSR count). The molecule has 0 radical (unpaired) electrons. The predicted molar refractivity (Wildman–Crippen MR) is 127 cm³/mol. The average molecular weight is 411 g/mol. The van der Waals surface area contributed by atoms with Crippen LogP contribution < -0.4 is 4.57 Å².